The molecule has 0 aliphatic rings. The first-order valence-electron chi connectivity index (χ1n) is 6.11. The van der Waals surface area contributed by atoms with E-state index < -0.39 is 11.7 Å². The first-order valence-corrected chi connectivity index (χ1v) is 6.11. The van der Waals surface area contributed by atoms with Gasteiger partial charge in [0.15, 0.2) is 0 Å². The molecule has 0 amide bonds. The van der Waals surface area contributed by atoms with E-state index in [0.29, 0.717) is 0 Å². The molecule has 0 aromatic carbocycles. The van der Waals surface area contributed by atoms with E-state index in [4.69, 9.17) is 0 Å². The maximum atomic E-state index is 13.2. The minimum Gasteiger partial charge on any atom is -0.241 e. The van der Waals surface area contributed by atoms with Crippen LogP contribution in [0.25, 0.3) is 5.52 Å². The van der Waals surface area contributed by atoms with Crippen molar-refractivity contribution < 1.29 is 13.2 Å². The molecule has 2 rings (SSSR count). The highest BCUT2D eigenvalue weighted by Crippen LogP contribution is 2.40. The topological polar surface area (TPSA) is 54.0 Å². The number of hydrogen-bond acceptors (Lipinski definition) is 3. The third-order valence-corrected chi connectivity index (χ3v) is 3.48. The maximum Gasteiger partial charge on any atom is 0.419 e. The molecule has 1 unspecified atom stereocenters. The number of halogens is 3. The van der Waals surface area contributed by atoms with E-state index in [2.05, 4.69) is 10.1 Å². The van der Waals surface area contributed by atoms with Gasteiger partial charge in [-0.1, -0.05) is 20.8 Å². The first kappa shape index (κ1) is 14.3. The van der Waals surface area contributed by atoms with Gasteiger partial charge in [0.1, 0.15) is 18.0 Å². The third-order valence-electron chi connectivity index (χ3n) is 3.48. The SMILES string of the molecule is CC(C)C(C)c1c(C#N)c(C(F)(F)F)c2cncnn12. The Morgan fingerprint density at radius 3 is 2.45 bits per heavy atom. The Bertz CT molecular complexity index is 679. The lowest BCUT2D eigenvalue weighted by Gasteiger charge is -2.15. The lowest BCUT2D eigenvalue weighted by atomic mass is 9.91. The molecule has 106 valence electrons. The van der Waals surface area contributed by atoms with Crippen molar-refractivity contribution in [3.05, 3.63) is 29.3 Å². The summed E-state index contributed by atoms with van der Waals surface area (Å²) >= 11 is 0. The Morgan fingerprint density at radius 1 is 1.30 bits per heavy atom. The molecule has 20 heavy (non-hydrogen) atoms. The van der Waals surface area contributed by atoms with Crippen molar-refractivity contribution in [3.8, 4) is 6.07 Å². The number of alkyl halides is 3. The van der Waals surface area contributed by atoms with Crippen LogP contribution in [0.5, 0.6) is 0 Å². The molecule has 1 atom stereocenters. The summed E-state index contributed by atoms with van der Waals surface area (Å²) in [6, 6.07) is 1.69. The normalized spacial score (nSPS) is 13.7. The number of nitriles is 1. The van der Waals surface area contributed by atoms with Crippen LogP contribution in [-0.2, 0) is 6.18 Å². The molecule has 0 aliphatic carbocycles. The van der Waals surface area contributed by atoms with Crippen LogP contribution in [0.2, 0.25) is 0 Å². The minimum absolute atomic E-state index is 0.0799. The zero-order chi connectivity index (χ0) is 15.1. The molecule has 0 bridgehead atoms. The average Bonchev–Trinajstić information content (AvgIpc) is 2.71. The number of aromatic nitrogens is 3. The van der Waals surface area contributed by atoms with Crippen LogP contribution < -0.4 is 0 Å². The molecule has 0 saturated heterocycles. The van der Waals surface area contributed by atoms with Crippen molar-refractivity contribution >= 4 is 5.52 Å². The fraction of sp³-hybridized carbons (Fsp3) is 0.462. The van der Waals surface area contributed by atoms with Crippen LogP contribution in [0.4, 0.5) is 13.2 Å². The summed E-state index contributed by atoms with van der Waals surface area (Å²) in [6.45, 7) is 5.56. The number of hydrogen-bond donors (Lipinski definition) is 0. The Labute approximate surface area is 113 Å². The maximum absolute atomic E-state index is 13.2. The van der Waals surface area contributed by atoms with Gasteiger partial charge in [0.2, 0.25) is 0 Å². The Kier molecular flexibility index (Phi) is 3.42. The third kappa shape index (κ3) is 2.11. The fourth-order valence-electron chi connectivity index (χ4n) is 2.16. The molecule has 0 spiro atoms. The number of nitrogens with zero attached hydrogens (tertiary/aromatic N) is 4. The molecule has 2 heterocycles. The minimum atomic E-state index is -4.62. The van der Waals surface area contributed by atoms with Crippen molar-refractivity contribution in [2.24, 2.45) is 5.92 Å². The van der Waals surface area contributed by atoms with Gasteiger partial charge >= 0.3 is 6.18 Å². The smallest absolute Gasteiger partial charge is 0.241 e. The van der Waals surface area contributed by atoms with Crippen LogP contribution in [-0.4, -0.2) is 14.6 Å². The molecule has 0 radical (unpaired) electrons. The monoisotopic (exact) mass is 282 g/mol. The van der Waals surface area contributed by atoms with E-state index in [1.54, 1.807) is 13.0 Å². The highest BCUT2D eigenvalue weighted by Gasteiger charge is 2.40. The highest BCUT2D eigenvalue weighted by molar-refractivity contribution is 5.65. The van der Waals surface area contributed by atoms with Crippen LogP contribution in [0.1, 0.15) is 43.5 Å². The number of fused-ring (bicyclic) bond motifs is 1. The van der Waals surface area contributed by atoms with Gasteiger partial charge in [0, 0.05) is 5.92 Å². The molecule has 0 aliphatic heterocycles. The fourth-order valence-corrected chi connectivity index (χ4v) is 2.16. The second-order valence-corrected chi connectivity index (χ2v) is 4.98. The summed E-state index contributed by atoms with van der Waals surface area (Å²) < 4.78 is 40.8. The lowest BCUT2D eigenvalue weighted by molar-refractivity contribution is -0.136. The standard InChI is InChI=1S/C13H13F3N4/c1-7(2)8(3)12-9(4-17)11(13(14,15)16)10-5-18-6-19-20(10)12/h5-8H,1-3H3. The van der Waals surface area contributed by atoms with E-state index in [9.17, 15) is 18.4 Å². The van der Waals surface area contributed by atoms with Crippen LogP contribution in [0, 0.1) is 17.2 Å². The van der Waals surface area contributed by atoms with Crippen molar-refractivity contribution in [1.82, 2.24) is 14.6 Å². The van der Waals surface area contributed by atoms with Crippen molar-refractivity contribution in [2.75, 3.05) is 0 Å². The molecule has 0 saturated carbocycles. The van der Waals surface area contributed by atoms with E-state index in [0.717, 1.165) is 6.20 Å². The average molecular weight is 282 g/mol. The van der Waals surface area contributed by atoms with Gasteiger partial charge in [-0.3, -0.25) is 0 Å². The molecular formula is C13H13F3N4. The van der Waals surface area contributed by atoms with E-state index in [-0.39, 0.29) is 28.6 Å². The molecule has 7 heteroatoms. The van der Waals surface area contributed by atoms with Crippen molar-refractivity contribution in [2.45, 2.75) is 32.9 Å². The first-order chi connectivity index (χ1) is 9.29. The van der Waals surface area contributed by atoms with Gasteiger partial charge in [0.05, 0.1) is 23.0 Å². The van der Waals surface area contributed by atoms with E-state index in [1.807, 2.05) is 13.8 Å². The zero-order valence-corrected chi connectivity index (χ0v) is 11.2. The molecule has 2 aromatic heterocycles. The van der Waals surface area contributed by atoms with Gasteiger partial charge in [-0.05, 0) is 5.92 Å². The second-order valence-electron chi connectivity index (χ2n) is 4.98. The van der Waals surface area contributed by atoms with Crippen LogP contribution in [0.15, 0.2) is 12.5 Å². The molecular weight excluding hydrogens is 269 g/mol. The largest absolute Gasteiger partial charge is 0.419 e. The van der Waals surface area contributed by atoms with Crippen molar-refractivity contribution in [1.29, 1.82) is 5.26 Å². The van der Waals surface area contributed by atoms with E-state index in [1.165, 1.54) is 10.8 Å². The summed E-state index contributed by atoms with van der Waals surface area (Å²) in [5.74, 6) is -0.153. The lowest BCUT2D eigenvalue weighted by Crippen LogP contribution is -2.09. The summed E-state index contributed by atoms with van der Waals surface area (Å²) in [6.07, 6.45) is -2.35. The highest BCUT2D eigenvalue weighted by atomic mass is 19.4. The molecule has 2 aromatic rings. The van der Waals surface area contributed by atoms with Gasteiger partial charge in [-0.25, -0.2) is 9.50 Å². The van der Waals surface area contributed by atoms with Crippen molar-refractivity contribution in [3.63, 3.8) is 0 Å². The van der Waals surface area contributed by atoms with E-state index >= 15 is 0 Å². The predicted molar refractivity (Wildman–Crippen MR) is 66.0 cm³/mol. The van der Waals surface area contributed by atoms with Crippen LogP contribution in [0.3, 0.4) is 0 Å². The van der Waals surface area contributed by atoms with Gasteiger partial charge in [-0.15, -0.1) is 0 Å². The van der Waals surface area contributed by atoms with Gasteiger partial charge in [0.25, 0.3) is 0 Å². The van der Waals surface area contributed by atoms with Gasteiger partial charge in [-0.2, -0.15) is 23.5 Å². The van der Waals surface area contributed by atoms with Gasteiger partial charge < -0.3 is 0 Å². The summed E-state index contributed by atoms with van der Waals surface area (Å²) in [5, 5.41) is 13.1. The number of rotatable bonds is 2. The summed E-state index contributed by atoms with van der Waals surface area (Å²) in [4.78, 5) is 3.64. The molecule has 4 nitrogen and oxygen atoms in total. The Morgan fingerprint density at radius 2 is 1.95 bits per heavy atom. The Balaban J connectivity index is 2.92. The summed E-state index contributed by atoms with van der Waals surface area (Å²) in [7, 11) is 0. The van der Waals surface area contributed by atoms with Crippen LogP contribution >= 0.6 is 0 Å². The second kappa shape index (κ2) is 4.78. The molecule has 0 N–H and O–H groups in total. The quantitative estimate of drug-likeness (QED) is 0.848. The zero-order valence-electron chi connectivity index (χ0n) is 11.2. The molecule has 0 fully saturated rings. The Hall–Kier alpha value is -2.10. The summed E-state index contributed by atoms with van der Waals surface area (Å²) in [5.41, 5.74) is -1.21. The predicted octanol–water partition coefficient (Wildman–Crippen LogP) is 3.38.